The molecule has 4 rings (SSSR count). The first-order chi connectivity index (χ1) is 12.7. The standard InChI is InChI=1S/C23H32O4/c1-13(24)18-7-8-19-17-6-5-15-11-16(27-14(2)25)9-10-22(15,3)20(17)12-21(26)23(18,19)4/h7,15-17,19-20H,5-6,8-12H2,1-4H3/t15-,16+,17-,19-,20+,22-,23+/m0/s1. The van der Waals surface area contributed by atoms with Crippen LogP contribution in [0.1, 0.15) is 72.6 Å². The van der Waals surface area contributed by atoms with E-state index in [9.17, 15) is 14.4 Å². The van der Waals surface area contributed by atoms with Crippen molar-refractivity contribution in [3.8, 4) is 0 Å². The van der Waals surface area contributed by atoms with Crippen LogP contribution in [0, 0.1) is 34.5 Å². The highest BCUT2D eigenvalue weighted by atomic mass is 16.5. The summed E-state index contributed by atoms with van der Waals surface area (Å²) in [6.07, 6.45) is 8.72. The van der Waals surface area contributed by atoms with Gasteiger partial charge in [-0.2, -0.15) is 0 Å². The number of esters is 1. The monoisotopic (exact) mass is 372 g/mol. The Morgan fingerprint density at radius 3 is 2.52 bits per heavy atom. The smallest absolute Gasteiger partial charge is 0.302 e. The van der Waals surface area contributed by atoms with Crippen molar-refractivity contribution in [1.82, 2.24) is 0 Å². The minimum Gasteiger partial charge on any atom is -0.463 e. The highest BCUT2D eigenvalue weighted by Gasteiger charge is 2.62. The first-order valence-corrected chi connectivity index (χ1v) is 10.6. The molecule has 0 aromatic rings. The van der Waals surface area contributed by atoms with Crippen LogP contribution < -0.4 is 0 Å². The number of fused-ring (bicyclic) bond motifs is 5. The van der Waals surface area contributed by atoms with E-state index in [1.165, 1.54) is 6.92 Å². The van der Waals surface area contributed by atoms with Gasteiger partial charge in [0.15, 0.2) is 5.78 Å². The molecule has 0 bridgehead atoms. The second-order valence-corrected chi connectivity index (χ2v) is 9.90. The maximum absolute atomic E-state index is 13.3. The van der Waals surface area contributed by atoms with Crippen LogP contribution in [-0.4, -0.2) is 23.6 Å². The average molecular weight is 373 g/mol. The Hall–Kier alpha value is -1.45. The molecule has 4 nitrogen and oxygen atoms in total. The third-order valence-electron chi connectivity index (χ3n) is 8.79. The fraction of sp³-hybridized carbons (Fsp3) is 0.783. The third-order valence-corrected chi connectivity index (χ3v) is 8.79. The van der Waals surface area contributed by atoms with Crippen LogP contribution in [0.25, 0.3) is 0 Å². The molecule has 3 saturated carbocycles. The van der Waals surface area contributed by atoms with Crippen LogP contribution in [0.2, 0.25) is 0 Å². The zero-order valence-corrected chi connectivity index (χ0v) is 17.0. The largest absolute Gasteiger partial charge is 0.463 e. The van der Waals surface area contributed by atoms with E-state index in [0.29, 0.717) is 24.2 Å². The second-order valence-electron chi connectivity index (χ2n) is 9.90. The molecule has 0 radical (unpaired) electrons. The van der Waals surface area contributed by atoms with Gasteiger partial charge in [-0.05, 0) is 81.5 Å². The number of carbonyl (C=O) groups excluding carboxylic acids is 3. The lowest BCUT2D eigenvalue weighted by Gasteiger charge is -2.60. The van der Waals surface area contributed by atoms with Crippen molar-refractivity contribution in [3.63, 3.8) is 0 Å². The highest BCUT2D eigenvalue weighted by molar-refractivity contribution is 6.04. The van der Waals surface area contributed by atoms with Gasteiger partial charge in [0.25, 0.3) is 0 Å². The van der Waals surface area contributed by atoms with E-state index in [2.05, 4.69) is 13.0 Å². The molecule has 0 heterocycles. The molecular weight excluding hydrogens is 340 g/mol. The summed E-state index contributed by atoms with van der Waals surface area (Å²) in [6, 6.07) is 0. The highest BCUT2D eigenvalue weighted by Crippen LogP contribution is 2.65. The lowest BCUT2D eigenvalue weighted by atomic mass is 9.44. The van der Waals surface area contributed by atoms with Crippen molar-refractivity contribution in [2.75, 3.05) is 0 Å². The van der Waals surface area contributed by atoms with Gasteiger partial charge in [-0.1, -0.05) is 13.0 Å². The summed E-state index contributed by atoms with van der Waals surface area (Å²) < 4.78 is 5.52. The van der Waals surface area contributed by atoms with E-state index in [1.54, 1.807) is 6.92 Å². The quantitative estimate of drug-likeness (QED) is 0.679. The molecule has 148 valence electrons. The summed E-state index contributed by atoms with van der Waals surface area (Å²) in [4.78, 5) is 36.9. The fourth-order valence-electron chi connectivity index (χ4n) is 7.38. The topological polar surface area (TPSA) is 60.4 Å². The molecule has 4 heteroatoms. The van der Waals surface area contributed by atoms with Crippen molar-refractivity contribution in [2.24, 2.45) is 34.5 Å². The zero-order chi connectivity index (χ0) is 19.6. The van der Waals surface area contributed by atoms with E-state index in [-0.39, 0.29) is 35.0 Å². The van der Waals surface area contributed by atoms with Crippen molar-refractivity contribution >= 4 is 17.5 Å². The van der Waals surface area contributed by atoms with Crippen LogP contribution in [0.4, 0.5) is 0 Å². The van der Waals surface area contributed by atoms with Crippen molar-refractivity contribution < 1.29 is 19.1 Å². The molecule has 0 amide bonds. The Bertz CT molecular complexity index is 722. The van der Waals surface area contributed by atoms with Crippen LogP contribution in [0.5, 0.6) is 0 Å². The minimum atomic E-state index is -0.564. The van der Waals surface area contributed by atoms with Gasteiger partial charge in [-0.25, -0.2) is 0 Å². The first-order valence-electron chi connectivity index (χ1n) is 10.6. The SMILES string of the molecule is CC(=O)O[C@@H]1CC[C@@]2(C)[C@@H](CC[C@@H]3[C@H]2CC(=O)[C@]2(C)C(C(C)=O)=CC[C@@H]32)C1. The van der Waals surface area contributed by atoms with Gasteiger partial charge in [0.1, 0.15) is 11.9 Å². The summed E-state index contributed by atoms with van der Waals surface area (Å²) in [7, 11) is 0. The normalized spacial score (nSPS) is 46.0. The van der Waals surface area contributed by atoms with Gasteiger partial charge < -0.3 is 4.74 Å². The van der Waals surface area contributed by atoms with Crippen LogP contribution in [0.15, 0.2) is 11.6 Å². The maximum Gasteiger partial charge on any atom is 0.302 e. The molecule has 0 spiro atoms. The molecule has 4 aliphatic carbocycles. The van der Waals surface area contributed by atoms with Crippen LogP contribution in [-0.2, 0) is 19.1 Å². The number of ether oxygens (including phenoxy) is 1. The second kappa shape index (κ2) is 6.28. The van der Waals surface area contributed by atoms with E-state index in [0.717, 1.165) is 44.1 Å². The van der Waals surface area contributed by atoms with Gasteiger partial charge >= 0.3 is 5.97 Å². The predicted octanol–water partition coefficient (Wildman–Crippen LogP) is 4.27. The van der Waals surface area contributed by atoms with E-state index in [4.69, 9.17) is 4.74 Å². The average Bonchev–Trinajstić information content (AvgIpc) is 2.95. The number of ketones is 2. The number of allylic oxidation sites excluding steroid dienone is 2. The summed E-state index contributed by atoms with van der Waals surface area (Å²) in [5.74, 6) is 1.88. The molecular formula is C23H32O4. The molecule has 4 aliphatic rings. The molecule has 0 unspecified atom stereocenters. The Labute approximate surface area is 162 Å². The number of Topliss-reactive ketones (excluding diaryl/α,β-unsaturated/α-hetero) is 2. The number of carbonyl (C=O) groups is 3. The van der Waals surface area contributed by atoms with Crippen molar-refractivity contribution in [1.29, 1.82) is 0 Å². The van der Waals surface area contributed by atoms with Crippen molar-refractivity contribution in [3.05, 3.63) is 11.6 Å². The van der Waals surface area contributed by atoms with Gasteiger partial charge in [-0.15, -0.1) is 0 Å². The Balaban J connectivity index is 1.60. The fourth-order valence-corrected chi connectivity index (χ4v) is 7.38. The number of rotatable bonds is 2. The van der Waals surface area contributed by atoms with Gasteiger partial charge in [0.2, 0.25) is 0 Å². The molecule has 0 aromatic heterocycles. The molecule has 27 heavy (non-hydrogen) atoms. The summed E-state index contributed by atoms with van der Waals surface area (Å²) in [5.41, 5.74) is 0.350. The maximum atomic E-state index is 13.3. The number of hydrogen-bond acceptors (Lipinski definition) is 4. The Kier molecular flexibility index (Phi) is 4.40. The number of hydrogen-bond donors (Lipinski definition) is 0. The Morgan fingerprint density at radius 1 is 1.11 bits per heavy atom. The lowest BCUT2D eigenvalue weighted by Crippen LogP contribution is -2.57. The molecule has 0 aliphatic heterocycles. The van der Waals surface area contributed by atoms with Crippen LogP contribution >= 0.6 is 0 Å². The summed E-state index contributed by atoms with van der Waals surface area (Å²) >= 11 is 0. The van der Waals surface area contributed by atoms with Crippen molar-refractivity contribution in [2.45, 2.75) is 78.7 Å². The van der Waals surface area contributed by atoms with E-state index < -0.39 is 5.41 Å². The first kappa shape index (κ1) is 18.9. The predicted molar refractivity (Wildman–Crippen MR) is 102 cm³/mol. The Morgan fingerprint density at radius 2 is 1.85 bits per heavy atom. The lowest BCUT2D eigenvalue weighted by molar-refractivity contribution is -0.163. The minimum absolute atomic E-state index is 0.0409. The summed E-state index contributed by atoms with van der Waals surface area (Å²) in [5, 5.41) is 0. The van der Waals surface area contributed by atoms with Gasteiger partial charge in [0, 0.05) is 18.9 Å². The molecule has 0 saturated heterocycles. The molecule has 7 atom stereocenters. The molecule has 3 fully saturated rings. The molecule has 0 aromatic carbocycles. The van der Waals surface area contributed by atoms with Crippen LogP contribution in [0.3, 0.4) is 0 Å². The van der Waals surface area contributed by atoms with E-state index in [1.807, 2.05) is 6.92 Å². The third kappa shape index (κ3) is 2.66. The van der Waals surface area contributed by atoms with E-state index >= 15 is 0 Å². The molecule has 0 N–H and O–H groups in total. The zero-order valence-electron chi connectivity index (χ0n) is 17.0. The van der Waals surface area contributed by atoms with Gasteiger partial charge in [-0.3, -0.25) is 14.4 Å². The van der Waals surface area contributed by atoms with Gasteiger partial charge in [0.05, 0.1) is 5.41 Å². The summed E-state index contributed by atoms with van der Waals surface area (Å²) in [6.45, 7) is 7.50.